The van der Waals surface area contributed by atoms with Gasteiger partial charge in [-0.05, 0) is 25.7 Å². The maximum absolute atomic E-state index is 8.59. The number of allylic oxidation sites excluding steroid dienone is 4. The van der Waals surface area contributed by atoms with Crippen molar-refractivity contribution >= 4 is 0 Å². The fourth-order valence-electron chi connectivity index (χ4n) is 1.47. The Labute approximate surface area is 94.9 Å². The number of unbranched alkanes of at least 4 members (excludes halogenated alkanes) is 6. The molecule has 0 heterocycles. The van der Waals surface area contributed by atoms with Crippen molar-refractivity contribution in [3.8, 4) is 0 Å². The molecule has 0 aromatic heterocycles. The van der Waals surface area contributed by atoms with Gasteiger partial charge in [0.05, 0.1) is 0 Å². The molecule has 0 saturated carbocycles. The van der Waals surface area contributed by atoms with Crippen LogP contribution in [0, 0.1) is 0 Å². The van der Waals surface area contributed by atoms with Gasteiger partial charge in [-0.2, -0.15) is 0 Å². The van der Waals surface area contributed by atoms with E-state index in [4.69, 9.17) is 5.11 Å². The van der Waals surface area contributed by atoms with Crippen LogP contribution in [-0.4, -0.2) is 11.7 Å². The number of aliphatic hydroxyl groups is 1. The average Bonchev–Trinajstić information content (AvgIpc) is 2.26. The van der Waals surface area contributed by atoms with E-state index in [-0.39, 0.29) is 0 Å². The number of hydrogen-bond acceptors (Lipinski definition) is 1. The quantitative estimate of drug-likeness (QED) is 0.422. The topological polar surface area (TPSA) is 20.2 Å². The summed E-state index contributed by atoms with van der Waals surface area (Å²) < 4.78 is 0. The third-order valence-corrected chi connectivity index (χ3v) is 2.40. The average molecular weight is 210 g/mol. The van der Waals surface area contributed by atoms with Gasteiger partial charge in [0.15, 0.2) is 0 Å². The number of aliphatic hydroxyl groups excluding tert-OH is 1. The highest BCUT2D eigenvalue weighted by Crippen LogP contribution is 2.07. The molecule has 0 spiro atoms. The molecule has 0 fully saturated rings. The molecule has 1 N–H and O–H groups in total. The molecule has 88 valence electrons. The molecule has 0 amide bonds. The van der Waals surface area contributed by atoms with Crippen LogP contribution in [0.2, 0.25) is 0 Å². The molecular weight excluding hydrogens is 184 g/mol. The zero-order chi connectivity index (χ0) is 11.2. The minimum atomic E-state index is 0.354. The summed E-state index contributed by atoms with van der Waals surface area (Å²) in [5.74, 6) is 0. The van der Waals surface area contributed by atoms with Crippen molar-refractivity contribution in [2.45, 2.75) is 58.3 Å². The van der Waals surface area contributed by atoms with Crippen molar-refractivity contribution in [3.63, 3.8) is 0 Å². The molecule has 1 heteroatoms. The van der Waals surface area contributed by atoms with Gasteiger partial charge in [-0.15, -0.1) is 0 Å². The minimum Gasteiger partial charge on any atom is -0.396 e. The van der Waals surface area contributed by atoms with Crippen LogP contribution in [0.4, 0.5) is 0 Å². The molecule has 0 unspecified atom stereocenters. The highest BCUT2D eigenvalue weighted by Gasteiger charge is 1.89. The summed E-state index contributed by atoms with van der Waals surface area (Å²) in [7, 11) is 0. The van der Waals surface area contributed by atoms with Crippen molar-refractivity contribution in [2.24, 2.45) is 0 Å². The first kappa shape index (κ1) is 14.4. The van der Waals surface area contributed by atoms with E-state index in [0.717, 1.165) is 12.8 Å². The smallest absolute Gasteiger partial charge is 0.0431 e. The molecule has 0 aliphatic rings. The van der Waals surface area contributed by atoms with Gasteiger partial charge in [-0.1, -0.05) is 56.9 Å². The molecule has 0 radical (unpaired) electrons. The van der Waals surface area contributed by atoms with Gasteiger partial charge in [-0.25, -0.2) is 0 Å². The van der Waals surface area contributed by atoms with Gasteiger partial charge in [0.25, 0.3) is 0 Å². The van der Waals surface area contributed by atoms with Crippen molar-refractivity contribution in [1.29, 1.82) is 0 Å². The summed E-state index contributed by atoms with van der Waals surface area (Å²) in [6.07, 6.45) is 18.4. The highest BCUT2D eigenvalue weighted by atomic mass is 16.2. The SMILES string of the molecule is CC/C=C\C=C\CCCCCCCCO. The molecule has 0 aromatic rings. The summed E-state index contributed by atoms with van der Waals surface area (Å²) in [5.41, 5.74) is 0. The van der Waals surface area contributed by atoms with Gasteiger partial charge >= 0.3 is 0 Å². The van der Waals surface area contributed by atoms with Crippen LogP contribution in [0.3, 0.4) is 0 Å². The molecule has 0 aromatic carbocycles. The highest BCUT2D eigenvalue weighted by molar-refractivity contribution is 5.01. The van der Waals surface area contributed by atoms with E-state index >= 15 is 0 Å². The zero-order valence-electron chi connectivity index (χ0n) is 10.1. The van der Waals surface area contributed by atoms with Crippen molar-refractivity contribution in [2.75, 3.05) is 6.61 Å². The fourth-order valence-corrected chi connectivity index (χ4v) is 1.47. The Kier molecular flexibility index (Phi) is 12.9. The van der Waals surface area contributed by atoms with Crippen LogP contribution >= 0.6 is 0 Å². The predicted octanol–water partition coefficient (Wildman–Crippen LogP) is 4.23. The molecule has 0 saturated heterocycles. The molecule has 0 atom stereocenters. The Bertz CT molecular complexity index is 159. The third-order valence-electron chi connectivity index (χ3n) is 2.40. The van der Waals surface area contributed by atoms with E-state index in [1.54, 1.807) is 0 Å². The fraction of sp³-hybridized carbons (Fsp3) is 0.714. The second-order valence-corrected chi connectivity index (χ2v) is 3.90. The Morgan fingerprint density at radius 3 is 2.07 bits per heavy atom. The van der Waals surface area contributed by atoms with E-state index in [1.165, 1.54) is 38.5 Å². The van der Waals surface area contributed by atoms with E-state index in [1.807, 2.05) is 0 Å². The molecule has 0 aliphatic carbocycles. The first-order valence-corrected chi connectivity index (χ1v) is 6.34. The first-order valence-electron chi connectivity index (χ1n) is 6.34. The minimum absolute atomic E-state index is 0.354. The van der Waals surface area contributed by atoms with Gasteiger partial charge in [0.1, 0.15) is 0 Å². The molecular formula is C14H26O. The lowest BCUT2D eigenvalue weighted by atomic mass is 10.1. The van der Waals surface area contributed by atoms with Crippen molar-refractivity contribution < 1.29 is 5.11 Å². The van der Waals surface area contributed by atoms with E-state index in [2.05, 4.69) is 31.2 Å². The maximum Gasteiger partial charge on any atom is 0.0431 e. The normalized spacial score (nSPS) is 11.9. The zero-order valence-corrected chi connectivity index (χ0v) is 10.1. The summed E-state index contributed by atoms with van der Waals surface area (Å²) in [6, 6.07) is 0. The van der Waals surface area contributed by atoms with Crippen molar-refractivity contribution in [3.05, 3.63) is 24.3 Å². The summed E-state index contributed by atoms with van der Waals surface area (Å²) in [4.78, 5) is 0. The lowest BCUT2D eigenvalue weighted by Gasteiger charge is -1.98. The number of rotatable bonds is 10. The van der Waals surface area contributed by atoms with Gasteiger partial charge < -0.3 is 5.11 Å². The largest absolute Gasteiger partial charge is 0.396 e. The monoisotopic (exact) mass is 210 g/mol. The van der Waals surface area contributed by atoms with Crippen LogP contribution in [-0.2, 0) is 0 Å². The summed E-state index contributed by atoms with van der Waals surface area (Å²) >= 11 is 0. The molecule has 0 aliphatic heterocycles. The second-order valence-electron chi connectivity index (χ2n) is 3.90. The van der Waals surface area contributed by atoms with Crippen LogP contribution in [0.25, 0.3) is 0 Å². The Hall–Kier alpha value is -0.560. The third kappa shape index (κ3) is 13.4. The molecule has 1 nitrogen and oxygen atoms in total. The van der Waals surface area contributed by atoms with Crippen LogP contribution in [0.1, 0.15) is 58.3 Å². The second kappa shape index (κ2) is 13.4. The lowest BCUT2D eigenvalue weighted by Crippen LogP contribution is -1.83. The Morgan fingerprint density at radius 2 is 1.40 bits per heavy atom. The van der Waals surface area contributed by atoms with Crippen LogP contribution in [0.15, 0.2) is 24.3 Å². The lowest BCUT2D eigenvalue weighted by molar-refractivity contribution is 0.282. The maximum atomic E-state index is 8.59. The standard InChI is InChI=1S/C14H26O/c1-2-3-4-5-6-7-8-9-10-11-12-13-14-15/h3-6,15H,2,7-14H2,1H3/b4-3-,6-5+. The first-order chi connectivity index (χ1) is 7.41. The molecule has 0 bridgehead atoms. The summed E-state index contributed by atoms with van der Waals surface area (Å²) in [5, 5.41) is 8.59. The van der Waals surface area contributed by atoms with E-state index in [0.29, 0.717) is 6.61 Å². The Balaban J connectivity index is 3.04. The molecule has 0 rings (SSSR count). The predicted molar refractivity (Wildman–Crippen MR) is 68.0 cm³/mol. The van der Waals surface area contributed by atoms with Gasteiger partial charge in [0, 0.05) is 6.61 Å². The van der Waals surface area contributed by atoms with Crippen molar-refractivity contribution in [1.82, 2.24) is 0 Å². The van der Waals surface area contributed by atoms with E-state index < -0.39 is 0 Å². The van der Waals surface area contributed by atoms with E-state index in [9.17, 15) is 0 Å². The number of hydrogen-bond donors (Lipinski definition) is 1. The van der Waals surface area contributed by atoms with Crippen LogP contribution in [0.5, 0.6) is 0 Å². The van der Waals surface area contributed by atoms with Gasteiger partial charge in [0.2, 0.25) is 0 Å². The van der Waals surface area contributed by atoms with Crippen LogP contribution < -0.4 is 0 Å². The molecule has 15 heavy (non-hydrogen) atoms. The summed E-state index contributed by atoms with van der Waals surface area (Å²) in [6.45, 7) is 2.50. The van der Waals surface area contributed by atoms with Gasteiger partial charge in [-0.3, -0.25) is 0 Å². The Morgan fingerprint density at radius 1 is 0.800 bits per heavy atom.